The van der Waals surface area contributed by atoms with Gasteiger partial charge in [0.1, 0.15) is 22.5 Å². The van der Waals surface area contributed by atoms with Gasteiger partial charge in [0.2, 0.25) is 11.8 Å². The Hall–Kier alpha value is -4.16. The van der Waals surface area contributed by atoms with E-state index >= 15 is 0 Å². The lowest BCUT2D eigenvalue weighted by Gasteiger charge is -2.25. The lowest BCUT2D eigenvalue weighted by molar-refractivity contribution is 0.141. The van der Waals surface area contributed by atoms with Gasteiger partial charge in [-0.3, -0.25) is 0 Å². The van der Waals surface area contributed by atoms with Gasteiger partial charge in [0.05, 0.1) is 35.1 Å². The SMILES string of the molecule is COCC(C)(N=[N+]=[N-])c1cnc(OC2CC2)c2cnc(Cl)cc12.COCC(C)(N=[N+]=[N-])c1cnc(OC2CC2)c2cnc(Cl)cc12. The van der Waals surface area contributed by atoms with Crippen LogP contribution in [0.4, 0.5) is 0 Å². The van der Waals surface area contributed by atoms with Crippen molar-refractivity contribution in [2.24, 2.45) is 10.2 Å². The largest absolute Gasteiger partial charge is 0.474 e. The molecule has 0 amide bonds. The molecule has 240 valence electrons. The summed E-state index contributed by atoms with van der Waals surface area (Å²) in [5.41, 5.74) is 17.5. The van der Waals surface area contributed by atoms with Crippen LogP contribution in [-0.2, 0) is 20.6 Å². The molecule has 2 atom stereocenters. The highest BCUT2D eigenvalue weighted by atomic mass is 35.5. The smallest absolute Gasteiger partial charge is 0.223 e. The zero-order valence-electron chi connectivity index (χ0n) is 25.7. The van der Waals surface area contributed by atoms with Crippen LogP contribution in [0, 0.1) is 0 Å². The van der Waals surface area contributed by atoms with Gasteiger partial charge >= 0.3 is 0 Å². The van der Waals surface area contributed by atoms with Crippen molar-refractivity contribution in [3.8, 4) is 11.8 Å². The number of hydrogen-bond acceptors (Lipinski definition) is 10. The van der Waals surface area contributed by atoms with Gasteiger partial charge in [-0.15, -0.1) is 0 Å². The molecule has 0 aromatic carbocycles. The second-order valence-corrected chi connectivity index (χ2v) is 12.3. The molecule has 2 aliphatic carbocycles. The zero-order chi connectivity index (χ0) is 32.9. The van der Waals surface area contributed by atoms with Gasteiger partial charge in [0.15, 0.2) is 0 Å². The van der Waals surface area contributed by atoms with Gasteiger partial charge in [-0.05, 0) is 84.6 Å². The minimum Gasteiger partial charge on any atom is -0.474 e. The first-order valence-electron chi connectivity index (χ1n) is 14.5. The molecule has 0 radical (unpaired) electrons. The van der Waals surface area contributed by atoms with Gasteiger partial charge in [-0.2, -0.15) is 0 Å². The van der Waals surface area contributed by atoms with E-state index in [-0.39, 0.29) is 25.4 Å². The number of aromatic nitrogens is 4. The Kier molecular flexibility index (Phi) is 10.2. The van der Waals surface area contributed by atoms with E-state index in [1.54, 1.807) is 65.0 Å². The van der Waals surface area contributed by atoms with Crippen LogP contribution in [0.15, 0.2) is 47.1 Å². The van der Waals surface area contributed by atoms with E-state index in [9.17, 15) is 0 Å². The lowest BCUT2D eigenvalue weighted by Crippen LogP contribution is -2.25. The average molecular weight is 668 g/mol. The van der Waals surface area contributed by atoms with E-state index in [1.807, 2.05) is 0 Å². The van der Waals surface area contributed by atoms with Gasteiger partial charge < -0.3 is 18.9 Å². The fraction of sp³-hybridized carbons (Fsp3) is 0.467. The predicted octanol–water partition coefficient (Wildman–Crippen LogP) is 7.99. The third-order valence-electron chi connectivity index (χ3n) is 7.55. The fourth-order valence-corrected chi connectivity index (χ4v) is 5.30. The molecule has 0 spiro atoms. The molecule has 2 unspecified atom stereocenters. The van der Waals surface area contributed by atoms with E-state index in [4.69, 9.17) is 53.2 Å². The van der Waals surface area contributed by atoms with Crippen molar-refractivity contribution in [3.05, 3.63) is 79.2 Å². The zero-order valence-corrected chi connectivity index (χ0v) is 27.2. The van der Waals surface area contributed by atoms with E-state index in [1.165, 1.54) is 0 Å². The Labute approximate surface area is 274 Å². The topological polar surface area (TPSA) is 186 Å². The Bertz CT molecular complexity index is 1710. The summed E-state index contributed by atoms with van der Waals surface area (Å²) in [6.07, 6.45) is 11.2. The van der Waals surface area contributed by atoms with Gasteiger partial charge in [0.25, 0.3) is 0 Å². The number of azide groups is 2. The number of pyridine rings is 4. The van der Waals surface area contributed by atoms with Crippen molar-refractivity contribution < 1.29 is 18.9 Å². The quantitative estimate of drug-likeness (QED) is 0.0629. The third-order valence-corrected chi connectivity index (χ3v) is 7.97. The summed E-state index contributed by atoms with van der Waals surface area (Å²) in [6, 6.07) is 3.46. The molecule has 2 aliphatic rings. The number of fused-ring (bicyclic) bond motifs is 2. The van der Waals surface area contributed by atoms with E-state index in [2.05, 4.69) is 40.0 Å². The molecule has 14 nitrogen and oxygen atoms in total. The van der Waals surface area contributed by atoms with Crippen LogP contribution in [-0.4, -0.2) is 59.6 Å². The summed E-state index contributed by atoms with van der Waals surface area (Å²) in [5.74, 6) is 1.05. The highest BCUT2D eigenvalue weighted by molar-refractivity contribution is 6.30. The summed E-state index contributed by atoms with van der Waals surface area (Å²) >= 11 is 12.1. The Morgan fingerprint density at radius 2 is 1.09 bits per heavy atom. The van der Waals surface area contributed by atoms with Crippen molar-refractivity contribution in [2.75, 3.05) is 27.4 Å². The maximum absolute atomic E-state index is 8.92. The van der Waals surface area contributed by atoms with Gasteiger partial charge in [-0.1, -0.05) is 33.4 Å². The minimum absolute atomic E-state index is 0.217. The molecule has 2 saturated carbocycles. The Balaban J connectivity index is 0.000000181. The molecule has 0 saturated heterocycles. The molecule has 6 rings (SSSR count). The van der Waals surface area contributed by atoms with Gasteiger partial charge in [0, 0.05) is 48.8 Å². The highest BCUT2D eigenvalue weighted by Crippen LogP contribution is 2.39. The van der Waals surface area contributed by atoms with Crippen LogP contribution in [0.5, 0.6) is 11.8 Å². The van der Waals surface area contributed by atoms with Crippen LogP contribution in [0.3, 0.4) is 0 Å². The second-order valence-electron chi connectivity index (χ2n) is 11.5. The van der Waals surface area contributed by atoms with Gasteiger partial charge in [-0.25, -0.2) is 19.9 Å². The molecule has 0 aliphatic heterocycles. The molecule has 0 N–H and O–H groups in total. The molecule has 0 bridgehead atoms. The van der Waals surface area contributed by atoms with E-state index in [0.29, 0.717) is 22.1 Å². The standard InChI is InChI=1S/2C15H16ClN5O2/c2*1-15(8-22-2,20-21-17)12-7-19-14(23-9-3-4-9)11-6-18-13(16)5-10(11)12/h2*5-7,9H,3-4,8H2,1-2H3. The number of hydrogen-bond donors (Lipinski definition) is 0. The molecular weight excluding hydrogens is 635 g/mol. The predicted molar refractivity (Wildman–Crippen MR) is 173 cm³/mol. The first-order valence-corrected chi connectivity index (χ1v) is 15.2. The maximum Gasteiger partial charge on any atom is 0.223 e. The molecule has 46 heavy (non-hydrogen) atoms. The normalized spacial score (nSPS) is 16.7. The van der Waals surface area contributed by atoms with Crippen LogP contribution < -0.4 is 9.47 Å². The van der Waals surface area contributed by atoms with Crippen LogP contribution in [0.1, 0.15) is 50.7 Å². The van der Waals surface area contributed by atoms with Crippen LogP contribution in [0.2, 0.25) is 10.3 Å². The number of rotatable bonds is 12. The molecule has 4 heterocycles. The molecule has 16 heteroatoms. The Morgan fingerprint density at radius 3 is 1.41 bits per heavy atom. The van der Waals surface area contributed by atoms with Crippen LogP contribution >= 0.6 is 23.2 Å². The number of methoxy groups -OCH3 is 2. The first kappa shape index (κ1) is 33.2. The summed E-state index contributed by atoms with van der Waals surface area (Å²) < 4.78 is 22.1. The number of ether oxygens (including phenoxy) is 4. The minimum atomic E-state index is -0.905. The summed E-state index contributed by atoms with van der Waals surface area (Å²) in [5, 5.41) is 11.6. The average Bonchev–Trinajstić information content (AvgIpc) is 3.95. The third kappa shape index (κ3) is 7.45. The van der Waals surface area contributed by atoms with Crippen molar-refractivity contribution in [1.29, 1.82) is 0 Å². The van der Waals surface area contributed by atoms with Crippen molar-refractivity contribution >= 4 is 44.7 Å². The second kappa shape index (κ2) is 14.1. The van der Waals surface area contributed by atoms with Crippen molar-refractivity contribution in [3.63, 3.8) is 0 Å². The van der Waals surface area contributed by atoms with Crippen molar-refractivity contribution in [1.82, 2.24) is 19.9 Å². The van der Waals surface area contributed by atoms with Crippen molar-refractivity contribution in [2.45, 2.75) is 62.8 Å². The van der Waals surface area contributed by atoms with Crippen LogP contribution in [0.25, 0.3) is 42.4 Å². The first-order chi connectivity index (χ1) is 22.1. The number of nitrogens with zero attached hydrogens (tertiary/aromatic N) is 10. The summed E-state index contributed by atoms with van der Waals surface area (Å²) in [6.45, 7) is 4.03. The maximum atomic E-state index is 8.92. The molecule has 4 aromatic rings. The van der Waals surface area contributed by atoms with E-state index < -0.39 is 11.1 Å². The lowest BCUT2D eigenvalue weighted by atomic mass is 9.91. The summed E-state index contributed by atoms with van der Waals surface area (Å²) in [7, 11) is 3.11. The highest BCUT2D eigenvalue weighted by Gasteiger charge is 2.32. The fourth-order valence-electron chi connectivity index (χ4n) is 4.99. The summed E-state index contributed by atoms with van der Waals surface area (Å²) in [4.78, 5) is 22.9. The monoisotopic (exact) mass is 666 g/mol. The molecular formula is C30H32Cl2N10O4. The molecule has 2 fully saturated rings. The van der Waals surface area contributed by atoms with E-state index in [0.717, 1.165) is 58.4 Å². The Morgan fingerprint density at radius 1 is 0.696 bits per heavy atom. The molecule has 4 aromatic heterocycles. The number of halogens is 2.